The molecule has 0 aliphatic rings. The lowest BCUT2D eigenvalue weighted by Gasteiger charge is -2.08. The zero-order valence-electron chi connectivity index (χ0n) is 13.3. The molecule has 1 aromatic carbocycles. The smallest absolute Gasteiger partial charge is 0.280 e. The molecule has 0 atom stereocenters. The molecule has 124 valence electrons. The number of fused-ring (bicyclic) bond motifs is 1. The normalized spacial score (nSPS) is 11.1. The summed E-state index contributed by atoms with van der Waals surface area (Å²) >= 11 is 5.92. The van der Waals surface area contributed by atoms with Gasteiger partial charge in [-0.05, 0) is 36.8 Å². The fourth-order valence-corrected chi connectivity index (χ4v) is 2.81. The second-order valence-corrected chi connectivity index (χ2v) is 6.09. The molecule has 0 N–H and O–H groups in total. The second-order valence-electron chi connectivity index (χ2n) is 5.65. The van der Waals surface area contributed by atoms with E-state index in [-0.39, 0.29) is 5.56 Å². The van der Waals surface area contributed by atoms with Gasteiger partial charge in [-0.1, -0.05) is 28.9 Å². The van der Waals surface area contributed by atoms with E-state index in [2.05, 4.69) is 15.2 Å². The molecule has 0 saturated carbocycles. The van der Waals surface area contributed by atoms with Crippen molar-refractivity contribution in [3.8, 4) is 11.3 Å². The Labute approximate surface area is 147 Å². The Morgan fingerprint density at radius 3 is 2.72 bits per heavy atom. The summed E-state index contributed by atoms with van der Waals surface area (Å²) in [5.74, 6) is 0. The standard InChI is InChI=1S/C18H13ClN4O2/c1-11-15-17(25-22-11)16(13-3-2-8-20-9-13)21-23(18(15)24)10-12-4-6-14(19)7-5-12/h2-9H,10H2,1H3. The second kappa shape index (κ2) is 6.14. The van der Waals surface area contributed by atoms with E-state index in [0.29, 0.717) is 33.9 Å². The van der Waals surface area contributed by atoms with Crippen molar-refractivity contribution in [2.75, 3.05) is 0 Å². The van der Waals surface area contributed by atoms with Crippen molar-refractivity contribution in [2.45, 2.75) is 13.5 Å². The van der Waals surface area contributed by atoms with Gasteiger partial charge in [-0.2, -0.15) is 5.10 Å². The van der Waals surface area contributed by atoms with Crippen LogP contribution in [0.1, 0.15) is 11.3 Å². The van der Waals surface area contributed by atoms with Crippen molar-refractivity contribution >= 4 is 22.6 Å². The molecule has 4 rings (SSSR count). The number of rotatable bonds is 3. The van der Waals surface area contributed by atoms with Gasteiger partial charge in [0.15, 0.2) is 0 Å². The molecule has 25 heavy (non-hydrogen) atoms. The number of benzene rings is 1. The molecule has 0 bridgehead atoms. The van der Waals surface area contributed by atoms with Crippen LogP contribution in [0.3, 0.4) is 0 Å². The van der Waals surface area contributed by atoms with Crippen molar-refractivity contribution in [3.05, 3.63) is 75.4 Å². The maximum absolute atomic E-state index is 12.8. The molecule has 0 unspecified atom stereocenters. The lowest BCUT2D eigenvalue weighted by Crippen LogP contribution is -2.24. The number of aryl methyl sites for hydroxylation is 1. The molecular formula is C18H13ClN4O2. The Balaban J connectivity index is 1.92. The Morgan fingerprint density at radius 2 is 2.00 bits per heavy atom. The summed E-state index contributed by atoms with van der Waals surface area (Å²) in [6.07, 6.45) is 3.35. The van der Waals surface area contributed by atoms with Gasteiger partial charge in [0.25, 0.3) is 5.56 Å². The summed E-state index contributed by atoms with van der Waals surface area (Å²) in [4.78, 5) is 16.9. The predicted molar refractivity (Wildman–Crippen MR) is 94.6 cm³/mol. The third kappa shape index (κ3) is 2.81. The molecule has 0 saturated heterocycles. The molecule has 6 nitrogen and oxygen atoms in total. The van der Waals surface area contributed by atoms with E-state index in [1.807, 2.05) is 18.2 Å². The van der Waals surface area contributed by atoms with Crippen molar-refractivity contribution in [3.63, 3.8) is 0 Å². The minimum Gasteiger partial charge on any atom is -0.353 e. The first-order valence-corrected chi connectivity index (χ1v) is 8.03. The molecule has 3 heterocycles. The van der Waals surface area contributed by atoms with Crippen LogP contribution in [0.15, 0.2) is 58.1 Å². The third-order valence-electron chi connectivity index (χ3n) is 3.93. The molecule has 4 aromatic rings. The molecule has 0 amide bonds. The Bertz CT molecular complexity index is 1100. The molecule has 0 aliphatic heterocycles. The number of aromatic nitrogens is 4. The fourth-order valence-electron chi connectivity index (χ4n) is 2.69. The molecule has 0 spiro atoms. The van der Waals surface area contributed by atoms with Gasteiger partial charge in [-0.15, -0.1) is 0 Å². The minimum absolute atomic E-state index is 0.239. The van der Waals surface area contributed by atoms with Gasteiger partial charge in [0, 0.05) is 23.0 Å². The van der Waals surface area contributed by atoms with Crippen LogP contribution in [-0.4, -0.2) is 19.9 Å². The number of halogens is 1. The summed E-state index contributed by atoms with van der Waals surface area (Å²) < 4.78 is 6.78. The van der Waals surface area contributed by atoms with Crippen LogP contribution in [0.4, 0.5) is 0 Å². The maximum Gasteiger partial charge on any atom is 0.280 e. The molecular weight excluding hydrogens is 340 g/mol. The summed E-state index contributed by atoms with van der Waals surface area (Å²) in [7, 11) is 0. The highest BCUT2D eigenvalue weighted by molar-refractivity contribution is 6.30. The van der Waals surface area contributed by atoms with Crippen molar-refractivity contribution in [2.24, 2.45) is 0 Å². The zero-order chi connectivity index (χ0) is 17.4. The summed E-state index contributed by atoms with van der Waals surface area (Å²) in [6, 6.07) is 11.0. The van der Waals surface area contributed by atoms with Crippen molar-refractivity contribution in [1.29, 1.82) is 0 Å². The predicted octanol–water partition coefficient (Wildman–Crippen LogP) is 3.46. The van der Waals surface area contributed by atoms with Crippen LogP contribution in [0, 0.1) is 6.92 Å². The SMILES string of the molecule is Cc1noc2c(-c3cccnc3)nn(Cc3ccc(Cl)cc3)c(=O)c12. The summed E-state index contributed by atoms with van der Waals surface area (Å²) in [5, 5.41) is 9.51. The van der Waals surface area contributed by atoms with Gasteiger partial charge in [0.05, 0.1) is 12.2 Å². The van der Waals surface area contributed by atoms with Gasteiger partial charge in [0.2, 0.25) is 5.58 Å². The van der Waals surface area contributed by atoms with Gasteiger partial charge >= 0.3 is 0 Å². The van der Waals surface area contributed by atoms with E-state index in [1.54, 1.807) is 37.5 Å². The van der Waals surface area contributed by atoms with Gasteiger partial charge in [0.1, 0.15) is 11.1 Å². The summed E-state index contributed by atoms with van der Waals surface area (Å²) in [6.45, 7) is 2.07. The monoisotopic (exact) mass is 352 g/mol. The van der Waals surface area contributed by atoms with E-state index in [4.69, 9.17) is 16.1 Å². The summed E-state index contributed by atoms with van der Waals surface area (Å²) in [5.41, 5.74) is 2.90. The van der Waals surface area contributed by atoms with Gasteiger partial charge < -0.3 is 4.52 Å². The molecule has 0 radical (unpaired) electrons. The van der Waals surface area contributed by atoms with Crippen LogP contribution >= 0.6 is 11.6 Å². The van der Waals surface area contributed by atoms with Crippen LogP contribution in [0.5, 0.6) is 0 Å². The van der Waals surface area contributed by atoms with Crippen molar-refractivity contribution in [1.82, 2.24) is 19.9 Å². The van der Waals surface area contributed by atoms with Gasteiger partial charge in [-0.25, -0.2) is 4.68 Å². The van der Waals surface area contributed by atoms with E-state index in [0.717, 1.165) is 11.1 Å². The first-order chi connectivity index (χ1) is 12.1. The Hall–Kier alpha value is -2.99. The number of nitrogens with zero attached hydrogens (tertiary/aromatic N) is 4. The molecule has 0 fully saturated rings. The number of hydrogen-bond acceptors (Lipinski definition) is 5. The first-order valence-electron chi connectivity index (χ1n) is 7.65. The average molecular weight is 353 g/mol. The van der Waals surface area contributed by atoms with E-state index in [9.17, 15) is 4.79 Å². The molecule has 7 heteroatoms. The van der Waals surface area contributed by atoms with Gasteiger partial charge in [-0.3, -0.25) is 9.78 Å². The highest BCUT2D eigenvalue weighted by Crippen LogP contribution is 2.25. The third-order valence-corrected chi connectivity index (χ3v) is 4.18. The highest BCUT2D eigenvalue weighted by atomic mass is 35.5. The molecule has 3 aromatic heterocycles. The quantitative estimate of drug-likeness (QED) is 0.564. The van der Waals surface area contributed by atoms with Crippen LogP contribution in [-0.2, 0) is 6.54 Å². The Kier molecular flexibility index (Phi) is 3.82. The highest BCUT2D eigenvalue weighted by Gasteiger charge is 2.19. The topological polar surface area (TPSA) is 73.8 Å². The van der Waals surface area contributed by atoms with Crippen LogP contribution < -0.4 is 5.56 Å². The number of hydrogen-bond donors (Lipinski definition) is 0. The average Bonchev–Trinajstić information content (AvgIpc) is 3.02. The van der Waals surface area contributed by atoms with E-state index < -0.39 is 0 Å². The lowest BCUT2D eigenvalue weighted by atomic mass is 10.1. The van der Waals surface area contributed by atoms with E-state index in [1.165, 1.54) is 4.68 Å². The van der Waals surface area contributed by atoms with E-state index >= 15 is 0 Å². The minimum atomic E-state index is -0.239. The fraction of sp³-hybridized carbons (Fsp3) is 0.111. The van der Waals surface area contributed by atoms with Crippen molar-refractivity contribution < 1.29 is 4.52 Å². The first kappa shape index (κ1) is 15.5. The lowest BCUT2D eigenvalue weighted by molar-refractivity contribution is 0.449. The van der Waals surface area contributed by atoms with Crippen LogP contribution in [0.25, 0.3) is 22.2 Å². The maximum atomic E-state index is 12.8. The molecule has 0 aliphatic carbocycles. The van der Waals surface area contributed by atoms with Crippen LogP contribution in [0.2, 0.25) is 5.02 Å². The Morgan fingerprint density at radius 1 is 1.20 bits per heavy atom. The zero-order valence-corrected chi connectivity index (χ0v) is 14.1. The largest absolute Gasteiger partial charge is 0.353 e. The number of pyridine rings is 1.